The number of nitrogens with one attached hydrogen (secondary N) is 2. The van der Waals surface area contributed by atoms with Crippen LogP contribution in [0.25, 0.3) is 0 Å². The Kier molecular flexibility index (Phi) is 7.42. The highest BCUT2D eigenvalue weighted by atomic mass is 35.5. The molecule has 0 aliphatic carbocycles. The van der Waals surface area contributed by atoms with E-state index in [1.807, 2.05) is 0 Å². The number of hydrogen-bond acceptors (Lipinski definition) is 5. The summed E-state index contributed by atoms with van der Waals surface area (Å²) in [5.41, 5.74) is 0.718. The van der Waals surface area contributed by atoms with Gasteiger partial charge < -0.3 is 15.5 Å². The second-order valence-corrected chi connectivity index (χ2v) is 9.52. The smallest absolute Gasteiger partial charge is 0.244 e. The molecule has 1 aliphatic rings. The van der Waals surface area contributed by atoms with E-state index in [1.165, 1.54) is 11.8 Å². The maximum Gasteiger partial charge on any atom is 0.244 e. The molecule has 0 spiro atoms. The van der Waals surface area contributed by atoms with Crippen LogP contribution in [0.15, 0.2) is 24.3 Å². The number of benzene rings is 1. The van der Waals surface area contributed by atoms with Gasteiger partial charge in [-0.3, -0.25) is 14.4 Å². The first-order valence-electron chi connectivity index (χ1n) is 8.88. The van der Waals surface area contributed by atoms with Gasteiger partial charge >= 0.3 is 0 Å². The van der Waals surface area contributed by atoms with Gasteiger partial charge in [-0.15, -0.1) is 0 Å². The minimum absolute atomic E-state index is 0.0484. The molecule has 1 aliphatic heterocycles. The highest BCUT2D eigenvalue weighted by Crippen LogP contribution is 2.19. The molecule has 2 rings (SSSR count). The van der Waals surface area contributed by atoms with Crippen LogP contribution in [0.4, 0.5) is 0 Å². The number of carbonyl (C=O) groups is 3. The highest BCUT2D eigenvalue weighted by molar-refractivity contribution is 7.91. The molecule has 2 unspecified atom stereocenters. The molecule has 1 heterocycles. The Bertz CT molecular complexity index is 827. The third-order valence-corrected chi connectivity index (χ3v) is 6.30. The number of hydrogen-bond donors (Lipinski definition) is 2. The van der Waals surface area contributed by atoms with Crippen molar-refractivity contribution in [3.63, 3.8) is 0 Å². The van der Waals surface area contributed by atoms with Crippen molar-refractivity contribution in [2.75, 3.05) is 24.6 Å². The first-order chi connectivity index (χ1) is 13.1. The van der Waals surface area contributed by atoms with E-state index in [-0.39, 0.29) is 42.8 Å². The van der Waals surface area contributed by atoms with Crippen LogP contribution < -0.4 is 10.6 Å². The van der Waals surface area contributed by atoms with Crippen molar-refractivity contribution in [1.82, 2.24) is 15.5 Å². The molecule has 3 amide bonds. The summed E-state index contributed by atoms with van der Waals surface area (Å²) in [4.78, 5) is 37.8. The van der Waals surface area contributed by atoms with Gasteiger partial charge in [0.15, 0.2) is 9.84 Å². The quantitative estimate of drug-likeness (QED) is 0.690. The predicted molar refractivity (Wildman–Crippen MR) is 105 cm³/mol. The largest absolute Gasteiger partial charge is 0.349 e. The van der Waals surface area contributed by atoms with Crippen LogP contribution in [-0.4, -0.2) is 61.7 Å². The van der Waals surface area contributed by atoms with Gasteiger partial charge in [-0.2, -0.15) is 0 Å². The van der Waals surface area contributed by atoms with Gasteiger partial charge in [0, 0.05) is 25.0 Å². The number of amides is 3. The summed E-state index contributed by atoms with van der Waals surface area (Å²) in [5, 5.41) is 5.88. The molecule has 2 atom stereocenters. The summed E-state index contributed by atoms with van der Waals surface area (Å²) in [6.07, 6.45) is -0.0484. The molecule has 1 aromatic carbocycles. The number of halogens is 1. The molecule has 28 heavy (non-hydrogen) atoms. The fourth-order valence-electron chi connectivity index (χ4n) is 2.95. The van der Waals surface area contributed by atoms with Crippen molar-refractivity contribution in [3.05, 3.63) is 34.9 Å². The SMILES string of the molecule is CC(=O)NC(CC(=O)NC(C)C(=O)N1CCS(=O)(=O)CC1)c1ccc(Cl)cc1. The molecular formula is C18H24ClN3O5S. The Balaban J connectivity index is 1.96. The Labute approximate surface area is 169 Å². The zero-order chi connectivity index (χ0) is 20.9. The first-order valence-corrected chi connectivity index (χ1v) is 11.1. The average molecular weight is 430 g/mol. The minimum Gasteiger partial charge on any atom is -0.349 e. The molecule has 154 valence electrons. The van der Waals surface area contributed by atoms with Gasteiger partial charge in [0.1, 0.15) is 6.04 Å². The molecule has 1 aromatic rings. The minimum atomic E-state index is -3.09. The first kappa shape index (κ1) is 22.2. The van der Waals surface area contributed by atoms with E-state index in [1.54, 1.807) is 31.2 Å². The van der Waals surface area contributed by atoms with Gasteiger partial charge in [-0.25, -0.2) is 8.42 Å². The third kappa shape index (κ3) is 6.49. The molecule has 0 radical (unpaired) electrons. The Morgan fingerprint density at radius 1 is 1.11 bits per heavy atom. The zero-order valence-corrected chi connectivity index (χ0v) is 17.3. The van der Waals surface area contributed by atoms with Crippen LogP contribution in [0.5, 0.6) is 0 Å². The number of sulfone groups is 1. The van der Waals surface area contributed by atoms with Gasteiger partial charge in [-0.05, 0) is 24.6 Å². The highest BCUT2D eigenvalue weighted by Gasteiger charge is 2.29. The molecular weight excluding hydrogens is 406 g/mol. The van der Waals surface area contributed by atoms with Gasteiger partial charge in [0.25, 0.3) is 0 Å². The predicted octanol–water partition coefficient (Wildman–Crippen LogP) is 0.669. The van der Waals surface area contributed by atoms with E-state index in [2.05, 4.69) is 10.6 Å². The van der Waals surface area contributed by atoms with Crippen LogP contribution in [0.2, 0.25) is 5.02 Å². The monoisotopic (exact) mass is 429 g/mol. The van der Waals surface area contributed by atoms with E-state index in [0.29, 0.717) is 5.02 Å². The van der Waals surface area contributed by atoms with Crippen LogP contribution in [-0.2, 0) is 24.2 Å². The Morgan fingerprint density at radius 3 is 2.21 bits per heavy atom. The molecule has 10 heteroatoms. The van der Waals surface area contributed by atoms with Crippen molar-refractivity contribution in [1.29, 1.82) is 0 Å². The van der Waals surface area contributed by atoms with Crippen LogP contribution in [0.1, 0.15) is 31.9 Å². The summed E-state index contributed by atoms with van der Waals surface area (Å²) in [6, 6.07) is 5.42. The molecule has 0 saturated carbocycles. The second kappa shape index (κ2) is 9.38. The standard InChI is InChI=1S/C18H24ClN3O5S/c1-12(18(25)22-7-9-28(26,27)10-8-22)20-17(24)11-16(21-13(2)23)14-3-5-15(19)6-4-14/h3-6,12,16H,7-11H2,1-2H3,(H,20,24)(H,21,23). The lowest BCUT2D eigenvalue weighted by Gasteiger charge is -2.29. The fourth-order valence-corrected chi connectivity index (χ4v) is 4.27. The Hall–Kier alpha value is -2.13. The van der Waals surface area contributed by atoms with Gasteiger partial charge in [-0.1, -0.05) is 23.7 Å². The number of rotatable bonds is 6. The van der Waals surface area contributed by atoms with Crippen LogP contribution in [0, 0.1) is 0 Å². The van der Waals surface area contributed by atoms with E-state index in [4.69, 9.17) is 11.6 Å². The summed E-state index contributed by atoms with van der Waals surface area (Å²) in [5.74, 6) is -1.15. The second-order valence-electron chi connectivity index (χ2n) is 6.78. The lowest BCUT2D eigenvalue weighted by Crippen LogP contribution is -2.52. The van der Waals surface area contributed by atoms with Crippen LogP contribution >= 0.6 is 11.6 Å². The molecule has 1 saturated heterocycles. The van der Waals surface area contributed by atoms with Gasteiger partial charge in [0.2, 0.25) is 17.7 Å². The van der Waals surface area contributed by atoms with Crippen molar-refractivity contribution < 1.29 is 22.8 Å². The van der Waals surface area contributed by atoms with Gasteiger partial charge in [0.05, 0.1) is 24.0 Å². The van der Waals surface area contributed by atoms with Crippen molar-refractivity contribution in [3.8, 4) is 0 Å². The van der Waals surface area contributed by atoms with E-state index in [9.17, 15) is 22.8 Å². The summed E-state index contributed by atoms with van der Waals surface area (Å²) in [7, 11) is -3.09. The third-order valence-electron chi connectivity index (χ3n) is 4.44. The summed E-state index contributed by atoms with van der Waals surface area (Å²) >= 11 is 5.88. The summed E-state index contributed by atoms with van der Waals surface area (Å²) in [6.45, 7) is 3.16. The van der Waals surface area contributed by atoms with E-state index < -0.39 is 27.8 Å². The van der Waals surface area contributed by atoms with Crippen molar-refractivity contribution in [2.45, 2.75) is 32.4 Å². The normalized spacial score (nSPS) is 18.0. The molecule has 8 nitrogen and oxygen atoms in total. The Morgan fingerprint density at radius 2 is 1.68 bits per heavy atom. The lowest BCUT2D eigenvalue weighted by atomic mass is 10.0. The van der Waals surface area contributed by atoms with Crippen molar-refractivity contribution in [2.24, 2.45) is 0 Å². The van der Waals surface area contributed by atoms with Crippen LogP contribution in [0.3, 0.4) is 0 Å². The fraction of sp³-hybridized carbons (Fsp3) is 0.500. The maximum absolute atomic E-state index is 12.4. The molecule has 0 aromatic heterocycles. The lowest BCUT2D eigenvalue weighted by molar-refractivity contribution is -0.136. The number of carbonyl (C=O) groups excluding carboxylic acids is 3. The average Bonchev–Trinajstić information content (AvgIpc) is 2.60. The molecule has 0 bridgehead atoms. The topological polar surface area (TPSA) is 113 Å². The van der Waals surface area contributed by atoms with Crippen molar-refractivity contribution >= 4 is 39.2 Å². The van der Waals surface area contributed by atoms with E-state index in [0.717, 1.165) is 5.56 Å². The summed E-state index contributed by atoms with van der Waals surface area (Å²) < 4.78 is 23.0. The number of nitrogens with zero attached hydrogens (tertiary/aromatic N) is 1. The molecule has 2 N–H and O–H groups in total. The zero-order valence-electron chi connectivity index (χ0n) is 15.8. The van der Waals surface area contributed by atoms with E-state index >= 15 is 0 Å². The molecule has 1 fully saturated rings. The maximum atomic E-state index is 12.4.